The van der Waals surface area contributed by atoms with Crippen LogP contribution in [0.3, 0.4) is 0 Å². The minimum absolute atomic E-state index is 0.0896. The molecule has 0 saturated carbocycles. The van der Waals surface area contributed by atoms with Crippen LogP contribution in [-0.2, 0) is 9.53 Å². The molecule has 23 heavy (non-hydrogen) atoms. The first-order valence-corrected chi connectivity index (χ1v) is 7.35. The highest BCUT2D eigenvalue weighted by atomic mass is 19.3. The lowest BCUT2D eigenvalue weighted by Crippen LogP contribution is -2.32. The van der Waals surface area contributed by atoms with Gasteiger partial charge in [0.2, 0.25) is 0 Å². The van der Waals surface area contributed by atoms with Gasteiger partial charge in [0, 0.05) is 5.57 Å². The van der Waals surface area contributed by atoms with E-state index in [1.807, 2.05) is 12.1 Å². The lowest BCUT2D eigenvalue weighted by atomic mass is 9.91. The van der Waals surface area contributed by atoms with E-state index < -0.39 is 11.9 Å². The zero-order chi connectivity index (χ0) is 16.9. The molecular weight excluding hydrogens is 298 g/mol. The highest BCUT2D eigenvalue weighted by Gasteiger charge is 2.44. The first-order valence-electron chi connectivity index (χ1n) is 7.35. The molecule has 2 aromatic rings. The van der Waals surface area contributed by atoms with Crippen LogP contribution < -0.4 is 0 Å². The van der Waals surface area contributed by atoms with E-state index >= 15 is 0 Å². The van der Waals surface area contributed by atoms with E-state index in [4.69, 9.17) is 0 Å². The quantitative estimate of drug-likeness (QED) is 0.747. The van der Waals surface area contributed by atoms with Crippen LogP contribution in [0, 0.1) is 0 Å². The molecule has 0 atom stereocenters. The Kier molecular flexibility index (Phi) is 5.27. The van der Waals surface area contributed by atoms with Gasteiger partial charge in [0.25, 0.3) is 0 Å². The van der Waals surface area contributed by atoms with Gasteiger partial charge in [-0.05, 0) is 30.5 Å². The molecule has 0 N–H and O–H groups in total. The van der Waals surface area contributed by atoms with Crippen molar-refractivity contribution in [1.29, 1.82) is 0 Å². The maximum Gasteiger partial charge on any atom is 0.381 e. The number of carbonyl (C=O) groups excluding carboxylic acids is 1. The summed E-state index contributed by atoms with van der Waals surface area (Å²) in [4.78, 5) is 11.7. The Balaban J connectivity index is 2.63. The molecule has 0 spiro atoms. The van der Waals surface area contributed by atoms with E-state index in [2.05, 4.69) is 4.74 Å². The lowest BCUT2D eigenvalue weighted by molar-refractivity contribution is -0.165. The molecule has 0 unspecified atom stereocenters. The summed E-state index contributed by atoms with van der Waals surface area (Å²) in [6.45, 7) is 2.68. The summed E-state index contributed by atoms with van der Waals surface area (Å²) in [5.41, 5.74) is 1.26. The predicted molar refractivity (Wildman–Crippen MR) is 86.2 cm³/mol. The van der Waals surface area contributed by atoms with Crippen molar-refractivity contribution in [2.75, 3.05) is 6.61 Å². The minimum Gasteiger partial charge on any atom is -0.461 e. The van der Waals surface area contributed by atoms with Gasteiger partial charge < -0.3 is 4.74 Å². The number of hydrogen-bond donors (Lipinski definition) is 0. The van der Waals surface area contributed by atoms with Crippen LogP contribution in [0.15, 0.2) is 66.2 Å². The fourth-order valence-corrected chi connectivity index (χ4v) is 2.34. The Morgan fingerprint density at radius 3 is 1.78 bits per heavy atom. The van der Waals surface area contributed by atoms with Crippen molar-refractivity contribution in [3.63, 3.8) is 0 Å². The maximum atomic E-state index is 14.5. The van der Waals surface area contributed by atoms with E-state index in [0.29, 0.717) is 16.7 Å². The molecule has 120 valence electrons. The van der Waals surface area contributed by atoms with Crippen molar-refractivity contribution in [3.05, 3.63) is 77.4 Å². The summed E-state index contributed by atoms with van der Waals surface area (Å²) >= 11 is 0. The highest BCUT2D eigenvalue weighted by Crippen LogP contribution is 2.35. The molecule has 0 amide bonds. The zero-order valence-corrected chi connectivity index (χ0v) is 13.1. The Morgan fingerprint density at radius 1 is 0.957 bits per heavy atom. The Bertz CT molecular complexity index is 650. The number of esters is 1. The van der Waals surface area contributed by atoms with Crippen molar-refractivity contribution in [3.8, 4) is 0 Å². The van der Waals surface area contributed by atoms with Gasteiger partial charge in [0.05, 0.1) is 6.61 Å². The van der Waals surface area contributed by atoms with Crippen LogP contribution in [0.25, 0.3) is 5.57 Å². The monoisotopic (exact) mass is 316 g/mol. The molecule has 0 aliphatic heterocycles. The third kappa shape index (κ3) is 3.65. The second-order valence-electron chi connectivity index (χ2n) is 5.03. The van der Waals surface area contributed by atoms with E-state index in [1.165, 1.54) is 13.8 Å². The third-order valence-electron chi connectivity index (χ3n) is 3.50. The number of alkyl halides is 2. The molecule has 0 aliphatic rings. The highest BCUT2D eigenvalue weighted by molar-refractivity contribution is 5.90. The summed E-state index contributed by atoms with van der Waals surface area (Å²) in [5.74, 6) is -5.21. The second-order valence-corrected chi connectivity index (χ2v) is 5.03. The first kappa shape index (κ1) is 16.9. The van der Waals surface area contributed by atoms with Crippen molar-refractivity contribution in [1.82, 2.24) is 0 Å². The number of carbonyl (C=O) groups is 1. The summed E-state index contributed by atoms with van der Waals surface area (Å²) in [6, 6.07) is 17.7. The van der Waals surface area contributed by atoms with Crippen LogP contribution in [0.1, 0.15) is 25.0 Å². The predicted octanol–water partition coefficient (Wildman–Crippen LogP) is 4.71. The number of rotatable bonds is 5. The Morgan fingerprint density at radius 2 is 1.39 bits per heavy atom. The summed E-state index contributed by atoms with van der Waals surface area (Å²) in [7, 11) is 0. The zero-order valence-electron chi connectivity index (χ0n) is 13.1. The molecule has 4 heteroatoms. The van der Waals surface area contributed by atoms with Crippen LogP contribution in [0.2, 0.25) is 0 Å². The molecule has 0 fully saturated rings. The number of benzene rings is 2. The van der Waals surface area contributed by atoms with E-state index in [0.717, 1.165) is 0 Å². The molecule has 0 heterocycles. The maximum absolute atomic E-state index is 14.5. The average molecular weight is 316 g/mol. The normalized spacial score (nSPS) is 11.0. The van der Waals surface area contributed by atoms with Gasteiger partial charge in [-0.2, -0.15) is 8.78 Å². The van der Waals surface area contributed by atoms with Crippen LogP contribution in [-0.4, -0.2) is 18.5 Å². The van der Waals surface area contributed by atoms with Gasteiger partial charge in [0.1, 0.15) is 0 Å². The molecule has 0 saturated heterocycles. The fourth-order valence-electron chi connectivity index (χ4n) is 2.34. The smallest absolute Gasteiger partial charge is 0.381 e. The van der Waals surface area contributed by atoms with E-state index in [1.54, 1.807) is 48.5 Å². The van der Waals surface area contributed by atoms with Crippen LogP contribution >= 0.6 is 0 Å². The number of ether oxygens (including phenoxy) is 1. The van der Waals surface area contributed by atoms with Crippen LogP contribution in [0.5, 0.6) is 0 Å². The average Bonchev–Trinajstić information content (AvgIpc) is 2.57. The molecule has 0 radical (unpaired) electrons. The topological polar surface area (TPSA) is 26.3 Å². The lowest BCUT2D eigenvalue weighted by Gasteiger charge is -2.20. The van der Waals surface area contributed by atoms with E-state index in [9.17, 15) is 13.6 Å². The molecule has 0 aliphatic carbocycles. The van der Waals surface area contributed by atoms with Crippen LogP contribution in [0.4, 0.5) is 8.78 Å². The van der Waals surface area contributed by atoms with Gasteiger partial charge in [-0.3, -0.25) is 0 Å². The summed E-state index contributed by atoms with van der Waals surface area (Å²) in [5, 5.41) is 0. The van der Waals surface area contributed by atoms with Crippen molar-refractivity contribution >= 4 is 11.5 Å². The van der Waals surface area contributed by atoms with Crippen molar-refractivity contribution in [2.45, 2.75) is 19.8 Å². The van der Waals surface area contributed by atoms with E-state index in [-0.39, 0.29) is 12.2 Å². The molecular formula is C19H18F2O2. The Labute approximate surface area is 134 Å². The van der Waals surface area contributed by atoms with Crippen molar-refractivity contribution < 1.29 is 18.3 Å². The van der Waals surface area contributed by atoms with Gasteiger partial charge in [-0.25, -0.2) is 4.79 Å². The van der Waals surface area contributed by atoms with Gasteiger partial charge in [0.15, 0.2) is 0 Å². The second kappa shape index (κ2) is 7.18. The molecule has 0 bridgehead atoms. The fraction of sp³-hybridized carbons (Fsp3) is 0.211. The first-order chi connectivity index (χ1) is 11.0. The van der Waals surface area contributed by atoms with Crippen molar-refractivity contribution in [2.24, 2.45) is 0 Å². The molecule has 0 aromatic heterocycles. The SMILES string of the molecule is CCOC(=O)C(F)(F)C(C)=C(c1ccccc1)c1ccccc1. The minimum atomic E-state index is -3.68. The van der Waals surface area contributed by atoms with Gasteiger partial charge in [-0.1, -0.05) is 60.7 Å². The van der Waals surface area contributed by atoms with Gasteiger partial charge in [-0.15, -0.1) is 0 Å². The Hall–Kier alpha value is -2.49. The third-order valence-corrected chi connectivity index (χ3v) is 3.50. The molecule has 2 nitrogen and oxygen atoms in total. The van der Waals surface area contributed by atoms with Gasteiger partial charge >= 0.3 is 11.9 Å². The summed E-state index contributed by atoms with van der Waals surface area (Å²) < 4.78 is 33.5. The summed E-state index contributed by atoms with van der Waals surface area (Å²) in [6.07, 6.45) is 0. The molecule has 2 rings (SSSR count). The standard InChI is InChI=1S/C19H18F2O2/c1-3-23-18(22)19(20,21)14(2)17(15-10-6-4-7-11-15)16-12-8-5-9-13-16/h4-13H,3H2,1-2H3. The largest absolute Gasteiger partial charge is 0.461 e. The number of hydrogen-bond acceptors (Lipinski definition) is 2. The number of halogens is 2. The molecule has 2 aromatic carbocycles.